The number of benzene rings is 2. The number of amides is 3. The Kier molecular flexibility index (Phi) is 9.46. The van der Waals surface area contributed by atoms with Crippen LogP contribution in [0, 0.1) is 5.92 Å². The van der Waals surface area contributed by atoms with Crippen LogP contribution in [0.5, 0.6) is 0 Å². The molecule has 2 aliphatic heterocycles. The average Bonchev–Trinajstić information content (AvgIpc) is 3.48. The molecule has 0 radical (unpaired) electrons. The van der Waals surface area contributed by atoms with Crippen LogP contribution in [-0.4, -0.2) is 73.3 Å². The number of fused-ring (bicyclic) bond motifs is 2. The number of nitrogens with one attached hydrogen (secondary N) is 1. The average molecular weight is 551 g/mol. The van der Waals surface area contributed by atoms with E-state index in [0.29, 0.717) is 26.2 Å². The van der Waals surface area contributed by atoms with Crippen molar-refractivity contribution in [3.8, 4) is 0 Å². The Bertz CT molecular complexity index is 1190. The van der Waals surface area contributed by atoms with Gasteiger partial charge in [0.05, 0.1) is 5.92 Å². The number of carbonyl (C=O) groups is 3. The Morgan fingerprint density at radius 1 is 1.03 bits per heavy atom. The number of hydrogen-bond acceptors (Lipinski definition) is 4. The molecule has 1 N–H and O–H groups in total. The van der Waals surface area contributed by atoms with E-state index in [1.165, 1.54) is 18.1 Å². The number of halogens is 1. The molecule has 1 spiro atoms. The van der Waals surface area contributed by atoms with Crippen molar-refractivity contribution in [3.05, 3.63) is 71.8 Å². The van der Waals surface area contributed by atoms with E-state index in [0.717, 1.165) is 44.6 Å². The molecule has 3 aliphatic rings. The minimum atomic E-state index is -0.357. The maximum absolute atomic E-state index is 13.6. The van der Waals surface area contributed by atoms with Crippen LogP contribution in [0.2, 0.25) is 0 Å². The fourth-order valence-corrected chi connectivity index (χ4v) is 6.21. The minimum absolute atomic E-state index is 0. The van der Waals surface area contributed by atoms with Crippen LogP contribution in [-0.2, 0) is 19.8 Å². The third kappa shape index (κ3) is 6.53. The van der Waals surface area contributed by atoms with E-state index in [2.05, 4.69) is 46.6 Å². The maximum atomic E-state index is 13.6. The second kappa shape index (κ2) is 12.8. The highest BCUT2D eigenvalue weighted by atomic mass is 35.5. The van der Waals surface area contributed by atoms with Crippen LogP contribution in [0.15, 0.2) is 60.7 Å². The first-order valence-electron chi connectivity index (χ1n) is 13.8. The first-order chi connectivity index (χ1) is 18.4. The van der Waals surface area contributed by atoms with E-state index in [1.54, 1.807) is 4.90 Å². The van der Waals surface area contributed by atoms with Gasteiger partial charge in [-0.15, -0.1) is 12.4 Å². The van der Waals surface area contributed by atoms with Gasteiger partial charge in [0.15, 0.2) is 0 Å². The molecular weight excluding hydrogens is 512 g/mol. The van der Waals surface area contributed by atoms with Gasteiger partial charge in [0.1, 0.15) is 0 Å². The molecule has 2 aromatic carbocycles. The van der Waals surface area contributed by atoms with Crippen LogP contribution < -0.4 is 10.2 Å². The van der Waals surface area contributed by atoms with Gasteiger partial charge in [0, 0.05) is 50.6 Å². The Balaban J connectivity index is 0.00000353. The van der Waals surface area contributed by atoms with Crippen molar-refractivity contribution in [2.75, 3.05) is 50.7 Å². The molecule has 1 aliphatic carbocycles. The molecule has 2 aromatic rings. The number of carbonyl (C=O) groups excluding carboxylic acids is 3. The van der Waals surface area contributed by atoms with Crippen LogP contribution in [0.4, 0.5) is 5.69 Å². The minimum Gasteiger partial charge on any atom is -0.355 e. The lowest BCUT2D eigenvalue weighted by Crippen LogP contribution is -2.43. The molecule has 0 bridgehead atoms. The molecule has 2 heterocycles. The molecule has 0 aromatic heterocycles. The topological polar surface area (TPSA) is 73.0 Å². The van der Waals surface area contributed by atoms with Crippen molar-refractivity contribution in [1.82, 2.24) is 15.1 Å². The van der Waals surface area contributed by atoms with Gasteiger partial charge < -0.3 is 20.0 Å². The lowest BCUT2D eigenvalue weighted by Gasteiger charge is -2.39. The number of para-hydroxylation sites is 1. The van der Waals surface area contributed by atoms with E-state index in [-0.39, 0.29) is 47.9 Å². The summed E-state index contributed by atoms with van der Waals surface area (Å²) in [4.78, 5) is 43.5. The van der Waals surface area contributed by atoms with Gasteiger partial charge in [-0.3, -0.25) is 14.4 Å². The summed E-state index contributed by atoms with van der Waals surface area (Å²) in [6.07, 6.45) is 8.05. The number of hydrogen-bond donors (Lipinski definition) is 1. The van der Waals surface area contributed by atoms with E-state index in [9.17, 15) is 14.4 Å². The molecule has 7 nitrogen and oxygen atoms in total. The Morgan fingerprint density at radius 3 is 2.49 bits per heavy atom. The van der Waals surface area contributed by atoms with Crippen molar-refractivity contribution >= 4 is 41.9 Å². The zero-order chi connectivity index (χ0) is 26.5. The standard InChI is InChI=1S/C31H38N4O3.ClH/c1-24(36)32-16-21-34-23-26(22-29(34)37)30(38)35(27-9-3-2-4-10-27)18-7-17-33-19-14-31(15-20-33)13-12-25-8-5-6-11-28(25)31;/h2-6,8-13,26H,7,14-23H2,1H3,(H,32,36);1H. The molecule has 3 amide bonds. The number of likely N-dealkylation sites (tertiary alicyclic amines) is 2. The third-order valence-corrected chi connectivity index (χ3v) is 8.34. The van der Waals surface area contributed by atoms with Gasteiger partial charge in [0.2, 0.25) is 17.7 Å². The summed E-state index contributed by atoms with van der Waals surface area (Å²) < 4.78 is 0. The summed E-state index contributed by atoms with van der Waals surface area (Å²) in [5.41, 5.74) is 3.89. The SMILES string of the molecule is CC(=O)NCCN1CC(C(=O)N(CCCN2CCC3(C=Cc4ccccc43)CC2)c2ccccc2)CC1=O.Cl. The molecule has 2 fully saturated rings. The number of allylic oxidation sites excluding steroid dienone is 1. The molecule has 1 atom stereocenters. The molecular formula is C31H39ClN4O3. The molecule has 8 heteroatoms. The van der Waals surface area contributed by atoms with Gasteiger partial charge >= 0.3 is 0 Å². The summed E-state index contributed by atoms with van der Waals surface area (Å²) in [7, 11) is 0. The third-order valence-electron chi connectivity index (χ3n) is 8.34. The van der Waals surface area contributed by atoms with Crippen LogP contribution in [0.3, 0.4) is 0 Å². The number of nitrogens with zero attached hydrogens (tertiary/aromatic N) is 3. The van der Waals surface area contributed by atoms with E-state index in [4.69, 9.17) is 0 Å². The fraction of sp³-hybridized carbons (Fsp3) is 0.452. The van der Waals surface area contributed by atoms with Crippen molar-refractivity contribution in [1.29, 1.82) is 0 Å². The predicted octanol–water partition coefficient (Wildman–Crippen LogP) is 3.88. The lowest BCUT2D eigenvalue weighted by atomic mass is 9.74. The number of anilines is 1. The monoisotopic (exact) mass is 550 g/mol. The Morgan fingerprint density at radius 2 is 1.74 bits per heavy atom. The summed E-state index contributed by atoms with van der Waals surface area (Å²) in [5, 5.41) is 2.73. The molecule has 39 heavy (non-hydrogen) atoms. The largest absolute Gasteiger partial charge is 0.355 e. The normalized spacial score (nSPS) is 19.6. The fourth-order valence-electron chi connectivity index (χ4n) is 6.21. The zero-order valence-electron chi connectivity index (χ0n) is 22.7. The second-order valence-electron chi connectivity index (χ2n) is 10.8. The lowest BCUT2D eigenvalue weighted by molar-refractivity contribution is -0.128. The van der Waals surface area contributed by atoms with Crippen molar-refractivity contribution in [2.45, 2.75) is 38.0 Å². The second-order valence-corrected chi connectivity index (χ2v) is 10.8. The van der Waals surface area contributed by atoms with E-state index < -0.39 is 0 Å². The molecule has 2 saturated heterocycles. The summed E-state index contributed by atoms with van der Waals surface area (Å²) in [5.74, 6) is -0.486. The van der Waals surface area contributed by atoms with Crippen molar-refractivity contribution in [2.24, 2.45) is 5.92 Å². The zero-order valence-corrected chi connectivity index (χ0v) is 23.5. The summed E-state index contributed by atoms with van der Waals surface area (Å²) in [6, 6.07) is 18.5. The first-order valence-corrected chi connectivity index (χ1v) is 13.8. The molecule has 208 valence electrons. The smallest absolute Gasteiger partial charge is 0.232 e. The van der Waals surface area contributed by atoms with E-state index >= 15 is 0 Å². The highest BCUT2D eigenvalue weighted by Crippen LogP contribution is 2.43. The predicted molar refractivity (Wildman–Crippen MR) is 157 cm³/mol. The van der Waals surface area contributed by atoms with E-state index in [1.807, 2.05) is 35.2 Å². The highest BCUT2D eigenvalue weighted by molar-refractivity contribution is 5.99. The maximum Gasteiger partial charge on any atom is 0.232 e. The Hall–Kier alpha value is -3.16. The van der Waals surface area contributed by atoms with Gasteiger partial charge in [-0.2, -0.15) is 0 Å². The summed E-state index contributed by atoms with van der Waals surface area (Å²) in [6.45, 7) is 6.39. The van der Waals surface area contributed by atoms with Crippen molar-refractivity contribution < 1.29 is 14.4 Å². The van der Waals surface area contributed by atoms with Crippen LogP contribution >= 0.6 is 12.4 Å². The summed E-state index contributed by atoms with van der Waals surface area (Å²) >= 11 is 0. The van der Waals surface area contributed by atoms with Gasteiger partial charge in [0.25, 0.3) is 0 Å². The molecule has 5 rings (SSSR count). The molecule has 1 unspecified atom stereocenters. The van der Waals surface area contributed by atoms with Gasteiger partial charge in [-0.05, 0) is 62.2 Å². The Labute approximate surface area is 237 Å². The quantitative estimate of drug-likeness (QED) is 0.514. The van der Waals surface area contributed by atoms with Crippen LogP contribution in [0.25, 0.3) is 6.08 Å². The molecule has 0 saturated carbocycles. The highest BCUT2D eigenvalue weighted by Gasteiger charge is 2.38. The number of piperidine rings is 1. The van der Waals surface area contributed by atoms with Gasteiger partial charge in [-0.25, -0.2) is 0 Å². The van der Waals surface area contributed by atoms with Crippen LogP contribution in [0.1, 0.15) is 43.7 Å². The van der Waals surface area contributed by atoms with Gasteiger partial charge in [-0.1, -0.05) is 54.6 Å². The first kappa shape index (κ1) is 28.8. The number of rotatable bonds is 9. The van der Waals surface area contributed by atoms with Crippen molar-refractivity contribution in [3.63, 3.8) is 0 Å².